The van der Waals surface area contributed by atoms with Crippen LogP contribution in [0.4, 0.5) is 0 Å². The van der Waals surface area contributed by atoms with Crippen LogP contribution in [0.5, 0.6) is 0 Å². The first kappa shape index (κ1) is 28.1. The smallest absolute Gasteiger partial charge is 0.287 e. The lowest BCUT2D eigenvalue weighted by molar-refractivity contribution is 0.0697. The highest BCUT2D eigenvalue weighted by Gasteiger charge is 2.62. The normalized spacial score (nSPS) is 19.8. The summed E-state index contributed by atoms with van der Waals surface area (Å²) in [5.41, 5.74) is 1.14. The Morgan fingerprint density at radius 1 is 1.23 bits per heavy atom. The number of amides is 2. The standard InChI is InChI=1S/C27H36ClN5O5S/c1-26(2,22(34)16-29-20-4-3-5-20)39(37,38)27(10-11-27)17-32-12-13-33-21(25(32)36)15-30-23(33)24(35)31-14-18-6-8-19(28)9-7-18/h6-9,15,20,22,29,34H,3-5,10-14,16-17H2,1-2H3,(H,31,35)/t22-/m1/s1. The van der Waals surface area contributed by atoms with Crippen LogP contribution < -0.4 is 10.6 Å². The van der Waals surface area contributed by atoms with E-state index in [0.29, 0.717) is 30.5 Å². The molecule has 10 nitrogen and oxygen atoms in total. The van der Waals surface area contributed by atoms with Gasteiger partial charge in [-0.05, 0) is 57.2 Å². The molecule has 2 aromatic rings. The number of fused-ring (bicyclic) bond motifs is 1. The Balaban J connectivity index is 1.24. The molecule has 212 valence electrons. The maximum atomic E-state index is 13.8. The maximum Gasteiger partial charge on any atom is 0.287 e. The molecule has 0 bridgehead atoms. The zero-order valence-electron chi connectivity index (χ0n) is 22.3. The molecule has 0 saturated heterocycles. The van der Waals surface area contributed by atoms with Crippen molar-refractivity contribution in [2.45, 2.75) is 80.7 Å². The molecule has 1 aliphatic heterocycles. The van der Waals surface area contributed by atoms with Crippen molar-refractivity contribution in [3.63, 3.8) is 0 Å². The predicted octanol–water partition coefficient (Wildman–Crippen LogP) is 2.15. The third kappa shape index (κ3) is 5.21. The molecule has 3 N–H and O–H groups in total. The molecule has 0 spiro atoms. The average Bonchev–Trinajstić information content (AvgIpc) is 3.54. The van der Waals surface area contributed by atoms with Crippen LogP contribution >= 0.6 is 11.6 Å². The maximum absolute atomic E-state index is 13.8. The van der Waals surface area contributed by atoms with E-state index in [1.165, 1.54) is 6.20 Å². The summed E-state index contributed by atoms with van der Waals surface area (Å²) in [6.07, 6.45) is 4.45. The number of carbonyl (C=O) groups excluding carboxylic acids is 2. The molecule has 12 heteroatoms. The predicted molar refractivity (Wildman–Crippen MR) is 147 cm³/mol. The number of aliphatic hydroxyl groups excluding tert-OH is 1. The topological polar surface area (TPSA) is 134 Å². The number of halogens is 1. The number of nitrogens with one attached hydrogen (secondary N) is 2. The molecular weight excluding hydrogens is 542 g/mol. The summed E-state index contributed by atoms with van der Waals surface area (Å²) in [7, 11) is -3.79. The van der Waals surface area contributed by atoms with E-state index in [9.17, 15) is 23.1 Å². The van der Waals surface area contributed by atoms with Crippen LogP contribution in [-0.4, -0.2) is 81.1 Å². The number of benzene rings is 1. The van der Waals surface area contributed by atoms with Crippen molar-refractivity contribution in [2.75, 3.05) is 19.6 Å². The first-order chi connectivity index (χ1) is 18.4. The molecule has 3 aliphatic rings. The van der Waals surface area contributed by atoms with E-state index in [0.717, 1.165) is 24.8 Å². The van der Waals surface area contributed by atoms with Crippen molar-refractivity contribution >= 4 is 33.3 Å². The highest BCUT2D eigenvalue weighted by atomic mass is 35.5. The van der Waals surface area contributed by atoms with Crippen molar-refractivity contribution in [3.8, 4) is 0 Å². The van der Waals surface area contributed by atoms with Gasteiger partial charge in [-0.2, -0.15) is 0 Å². The second-order valence-corrected chi connectivity index (χ2v) is 14.9. The summed E-state index contributed by atoms with van der Waals surface area (Å²) in [6.45, 7) is 4.33. The van der Waals surface area contributed by atoms with Gasteiger partial charge in [0.25, 0.3) is 11.8 Å². The van der Waals surface area contributed by atoms with Crippen LogP contribution in [0.15, 0.2) is 30.5 Å². The molecule has 1 aromatic carbocycles. The molecule has 2 amide bonds. The lowest BCUT2D eigenvalue weighted by atomic mass is 9.92. The molecule has 1 atom stereocenters. The summed E-state index contributed by atoms with van der Waals surface area (Å²) in [6, 6.07) is 7.47. The van der Waals surface area contributed by atoms with Gasteiger partial charge in [0.1, 0.15) is 5.69 Å². The van der Waals surface area contributed by atoms with E-state index >= 15 is 0 Å². The van der Waals surface area contributed by atoms with Crippen LogP contribution in [-0.2, 0) is 22.9 Å². The van der Waals surface area contributed by atoms with Crippen molar-refractivity contribution in [3.05, 3.63) is 52.6 Å². The molecule has 0 radical (unpaired) electrons. The molecule has 5 rings (SSSR count). The molecule has 39 heavy (non-hydrogen) atoms. The van der Waals surface area contributed by atoms with Gasteiger partial charge in [-0.1, -0.05) is 30.2 Å². The summed E-state index contributed by atoms with van der Waals surface area (Å²) in [5.74, 6) is -0.606. The number of aliphatic hydroxyl groups is 1. The first-order valence-electron chi connectivity index (χ1n) is 13.5. The third-order valence-corrected chi connectivity index (χ3v) is 12.2. The highest BCUT2D eigenvalue weighted by molar-refractivity contribution is 7.94. The molecule has 2 saturated carbocycles. The quantitative estimate of drug-likeness (QED) is 0.372. The van der Waals surface area contributed by atoms with Crippen molar-refractivity contribution in [1.29, 1.82) is 0 Å². The van der Waals surface area contributed by atoms with Gasteiger partial charge < -0.3 is 25.2 Å². The number of nitrogens with zero attached hydrogens (tertiary/aromatic N) is 3. The van der Waals surface area contributed by atoms with Gasteiger partial charge in [0.05, 0.1) is 21.8 Å². The van der Waals surface area contributed by atoms with E-state index in [1.54, 1.807) is 35.4 Å². The number of aromatic nitrogens is 2. The molecule has 2 fully saturated rings. The van der Waals surface area contributed by atoms with Crippen LogP contribution in [0.1, 0.15) is 72.6 Å². The van der Waals surface area contributed by atoms with Gasteiger partial charge in [-0.15, -0.1) is 0 Å². The SMILES string of the molecule is CC(C)([C@H](O)CNC1CCC1)S(=O)(=O)C1(CN2CCn3c(cnc3C(=O)NCc3ccc(Cl)cc3)C2=O)CC1. The lowest BCUT2D eigenvalue weighted by Crippen LogP contribution is -2.57. The Bertz CT molecular complexity index is 1350. The zero-order chi connectivity index (χ0) is 28.0. The largest absolute Gasteiger partial charge is 0.390 e. The fraction of sp³-hybridized carbons (Fsp3) is 0.593. The van der Waals surface area contributed by atoms with E-state index in [4.69, 9.17) is 11.6 Å². The van der Waals surface area contributed by atoms with Crippen LogP contribution in [0.2, 0.25) is 5.02 Å². The van der Waals surface area contributed by atoms with Crippen molar-refractivity contribution < 1.29 is 23.1 Å². The number of carbonyl (C=O) groups is 2. The monoisotopic (exact) mass is 577 g/mol. The molecule has 1 aromatic heterocycles. The molecular formula is C27H36ClN5O5S. The van der Waals surface area contributed by atoms with Gasteiger partial charge >= 0.3 is 0 Å². The number of hydrogen-bond donors (Lipinski definition) is 3. The Hall–Kier alpha value is -2.47. The van der Waals surface area contributed by atoms with Crippen LogP contribution in [0.3, 0.4) is 0 Å². The minimum absolute atomic E-state index is 0.0592. The fourth-order valence-electron chi connectivity index (χ4n) is 5.33. The molecule has 0 unspecified atom stereocenters. The van der Waals surface area contributed by atoms with Crippen molar-refractivity contribution in [1.82, 2.24) is 25.1 Å². The molecule has 2 aliphatic carbocycles. The summed E-state index contributed by atoms with van der Waals surface area (Å²) < 4.78 is 26.8. The Morgan fingerprint density at radius 2 is 1.92 bits per heavy atom. The van der Waals surface area contributed by atoms with Crippen LogP contribution in [0.25, 0.3) is 0 Å². The highest BCUT2D eigenvalue weighted by Crippen LogP contribution is 2.50. The van der Waals surface area contributed by atoms with Gasteiger partial charge in [0, 0.05) is 43.8 Å². The zero-order valence-corrected chi connectivity index (χ0v) is 23.9. The number of imidazole rings is 1. The van der Waals surface area contributed by atoms with Gasteiger partial charge in [-0.25, -0.2) is 13.4 Å². The van der Waals surface area contributed by atoms with E-state index < -0.39 is 31.3 Å². The Morgan fingerprint density at radius 3 is 2.54 bits per heavy atom. The van der Waals surface area contributed by atoms with E-state index in [2.05, 4.69) is 15.6 Å². The van der Waals surface area contributed by atoms with Gasteiger partial charge in [0.2, 0.25) is 0 Å². The van der Waals surface area contributed by atoms with Gasteiger partial charge in [-0.3, -0.25) is 9.59 Å². The first-order valence-corrected chi connectivity index (χ1v) is 15.3. The molecule has 2 heterocycles. The van der Waals surface area contributed by atoms with Gasteiger partial charge in [0.15, 0.2) is 15.7 Å². The Labute approximate surface area is 234 Å². The Kier molecular flexibility index (Phi) is 7.56. The fourth-order valence-corrected chi connectivity index (χ4v) is 7.97. The number of rotatable bonds is 11. The van der Waals surface area contributed by atoms with Crippen LogP contribution in [0, 0.1) is 0 Å². The van der Waals surface area contributed by atoms with E-state index in [-0.39, 0.29) is 43.6 Å². The second-order valence-electron chi connectivity index (χ2n) is 11.5. The minimum Gasteiger partial charge on any atom is -0.390 e. The summed E-state index contributed by atoms with van der Waals surface area (Å²) >= 11 is 5.91. The summed E-state index contributed by atoms with van der Waals surface area (Å²) in [4.78, 5) is 31.9. The number of sulfone groups is 1. The lowest BCUT2D eigenvalue weighted by Gasteiger charge is -2.38. The minimum atomic E-state index is -3.79. The second kappa shape index (κ2) is 10.5. The third-order valence-electron chi connectivity index (χ3n) is 8.58. The summed E-state index contributed by atoms with van der Waals surface area (Å²) in [5, 5.41) is 17.6. The number of hydrogen-bond acceptors (Lipinski definition) is 7. The van der Waals surface area contributed by atoms with Crippen molar-refractivity contribution in [2.24, 2.45) is 0 Å². The van der Waals surface area contributed by atoms with E-state index in [1.807, 2.05) is 12.1 Å². The average molecular weight is 578 g/mol.